The lowest BCUT2D eigenvalue weighted by atomic mass is 10.9. The first-order chi connectivity index (χ1) is 4.12. The van der Waals surface area contributed by atoms with Crippen LogP contribution in [0, 0.1) is 0 Å². The van der Waals surface area contributed by atoms with E-state index < -0.39 is 19.7 Å². The van der Waals surface area contributed by atoms with Gasteiger partial charge in [-0.2, -0.15) is 0 Å². The van der Waals surface area contributed by atoms with Crippen molar-refractivity contribution < 1.29 is 19.0 Å². The number of rotatable bonds is 4. The van der Waals surface area contributed by atoms with Crippen LogP contribution in [0.4, 0.5) is 0 Å². The molecule has 0 saturated heterocycles. The van der Waals surface area contributed by atoms with E-state index >= 15 is 0 Å². The van der Waals surface area contributed by atoms with E-state index in [1.807, 2.05) is 0 Å². The van der Waals surface area contributed by atoms with Crippen LogP contribution < -0.4 is 0 Å². The monoisotopic (exact) mass is 150 g/mol. The molecule has 0 heterocycles. The smallest absolute Gasteiger partial charge is 0.214 e. The highest BCUT2D eigenvalue weighted by molar-refractivity contribution is 7.59. The van der Waals surface area contributed by atoms with Crippen LogP contribution in [0.5, 0.6) is 0 Å². The molecule has 9 heavy (non-hydrogen) atoms. The van der Waals surface area contributed by atoms with Crippen LogP contribution >= 0.6 is 7.37 Å². The molecular weight excluding hydrogens is 143 g/mol. The highest BCUT2D eigenvalue weighted by atomic mass is 31.2. The fourth-order valence-corrected chi connectivity index (χ4v) is 0.922. The van der Waals surface area contributed by atoms with Crippen molar-refractivity contribution in [2.75, 3.05) is 12.3 Å². The Kier molecular flexibility index (Phi) is 3.35. The van der Waals surface area contributed by atoms with Crippen LogP contribution in [-0.2, 0) is 14.2 Å². The van der Waals surface area contributed by atoms with Crippen molar-refractivity contribution in [3.8, 4) is 0 Å². The van der Waals surface area contributed by atoms with Gasteiger partial charge in [-0.15, -0.1) is 0 Å². The van der Waals surface area contributed by atoms with Gasteiger partial charge in [0.05, 0.1) is 12.3 Å². The van der Waals surface area contributed by atoms with Gasteiger partial charge in [-0.1, -0.05) is 0 Å². The summed E-state index contributed by atoms with van der Waals surface area (Å²) in [4.78, 5) is 27.9. The van der Waals surface area contributed by atoms with Gasteiger partial charge in [0.25, 0.3) is 0 Å². The molecule has 1 N–H and O–H groups in total. The molecule has 4 nitrogen and oxygen atoms in total. The quantitative estimate of drug-likeness (QED) is 0.439. The molecule has 5 heteroatoms. The summed E-state index contributed by atoms with van der Waals surface area (Å²) in [5.41, 5.74) is 0. The van der Waals surface area contributed by atoms with Crippen molar-refractivity contribution in [1.29, 1.82) is 0 Å². The second-order valence-electron chi connectivity index (χ2n) is 1.54. The topological polar surface area (TPSA) is 71.4 Å². The first kappa shape index (κ1) is 8.53. The molecule has 0 aromatic heterocycles. The van der Waals surface area contributed by atoms with Crippen molar-refractivity contribution in [3.63, 3.8) is 0 Å². The number of hydrogen-bond donors (Lipinski definition) is 1. The Bertz CT molecular complexity index is 139. The summed E-state index contributed by atoms with van der Waals surface area (Å²) in [6.45, 7) is 0. The molecule has 0 unspecified atom stereocenters. The van der Waals surface area contributed by atoms with Crippen molar-refractivity contribution in [3.05, 3.63) is 0 Å². The summed E-state index contributed by atoms with van der Waals surface area (Å²) in [6, 6.07) is 0. The number of carbonyl (C=O) groups is 2. The Morgan fingerprint density at radius 1 is 1.22 bits per heavy atom. The van der Waals surface area contributed by atoms with E-state index in [9.17, 15) is 14.2 Å². The summed E-state index contributed by atoms with van der Waals surface area (Å²) < 4.78 is 10.5. The molecule has 0 radical (unpaired) electrons. The molecular formula is C4H7O4P. The third-order valence-electron chi connectivity index (χ3n) is 0.720. The molecule has 0 saturated carbocycles. The molecule has 52 valence electrons. The summed E-state index contributed by atoms with van der Waals surface area (Å²) in [6.07, 6.45) is -0.175. The molecule has 0 spiro atoms. The number of carbonyl (C=O) groups excluding carboxylic acids is 2. The van der Waals surface area contributed by atoms with E-state index in [1.165, 1.54) is 0 Å². The van der Waals surface area contributed by atoms with E-state index in [0.29, 0.717) is 12.6 Å². The van der Waals surface area contributed by atoms with Crippen LogP contribution in [0.3, 0.4) is 0 Å². The highest BCUT2D eigenvalue weighted by Crippen LogP contribution is 2.37. The van der Waals surface area contributed by atoms with Crippen LogP contribution in [0.25, 0.3) is 0 Å². The van der Waals surface area contributed by atoms with Gasteiger partial charge in [0.15, 0.2) is 0 Å². The second-order valence-corrected chi connectivity index (χ2v) is 3.97. The molecule has 0 aromatic rings. The summed E-state index contributed by atoms with van der Waals surface area (Å²) in [5.74, 6) is 0. The molecule has 0 atom stereocenters. The molecule has 0 bridgehead atoms. The van der Waals surface area contributed by atoms with E-state index in [-0.39, 0.29) is 0 Å². The third kappa shape index (κ3) is 4.06. The lowest BCUT2D eigenvalue weighted by molar-refractivity contribution is -0.106. The zero-order valence-electron chi connectivity index (χ0n) is 4.69. The van der Waals surface area contributed by atoms with Crippen LogP contribution in [0.15, 0.2) is 0 Å². The zero-order valence-corrected chi connectivity index (χ0v) is 5.58. The molecule has 0 aromatic carbocycles. The van der Waals surface area contributed by atoms with Gasteiger partial charge in [0.1, 0.15) is 12.6 Å². The lowest BCUT2D eigenvalue weighted by Crippen LogP contribution is -1.95. The normalized spacial score (nSPS) is 10.8. The minimum Gasteiger partial charge on any atom is -0.344 e. The fourth-order valence-electron chi connectivity index (χ4n) is 0.307. The summed E-state index contributed by atoms with van der Waals surface area (Å²) in [5, 5.41) is 0. The SMILES string of the molecule is O=CCP(=O)(O)CC=O. The van der Waals surface area contributed by atoms with Gasteiger partial charge in [0, 0.05) is 0 Å². The highest BCUT2D eigenvalue weighted by Gasteiger charge is 2.15. The Morgan fingerprint density at radius 3 is 1.78 bits per heavy atom. The number of aldehydes is 2. The minimum absolute atomic E-state index is 0.338. The maximum atomic E-state index is 10.5. The van der Waals surface area contributed by atoms with Gasteiger partial charge < -0.3 is 14.5 Å². The van der Waals surface area contributed by atoms with Gasteiger partial charge >= 0.3 is 0 Å². The van der Waals surface area contributed by atoms with Gasteiger partial charge in [-0.25, -0.2) is 0 Å². The summed E-state index contributed by atoms with van der Waals surface area (Å²) in [7, 11) is -3.43. The summed E-state index contributed by atoms with van der Waals surface area (Å²) >= 11 is 0. The van der Waals surface area contributed by atoms with Gasteiger partial charge in [-0.05, 0) is 0 Å². The zero-order chi connectivity index (χ0) is 7.33. The van der Waals surface area contributed by atoms with Crippen LogP contribution in [-0.4, -0.2) is 29.8 Å². The van der Waals surface area contributed by atoms with E-state index in [0.717, 1.165) is 0 Å². The average molecular weight is 150 g/mol. The molecule has 0 amide bonds. The molecule has 0 aliphatic rings. The van der Waals surface area contributed by atoms with Crippen molar-refractivity contribution >= 4 is 19.9 Å². The first-order valence-corrected chi connectivity index (χ1v) is 4.33. The van der Waals surface area contributed by atoms with Crippen molar-refractivity contribution in [2.24, 2.45) is 0 Å². The van der Waals surface area contributed by atoms with E-state index in [1.54, 1.807) is 0 Å². The third-order valence-corrected chi connectivity index (χ3v) is 2.16. The Balaban J connectivity index is 3.85. The molecule has 0 aliphatic carbocycles. The van der Waals surface area contributed by atoms with Gasteiger partial charge in [0.2, 0.25) is 7.37 Å². The van der Waals surface area contributed by atoms with E-state index in [4.69, 9.17) is 4.89 Å². The average Bonchev–Trinajstić information content (AvgIpc) is 1.64. The fraction of sp³-hybridized carbons (Fsp3) is 0.500. The lowest BCUT2D eigenvalue weighted by Gasteiger charge is -1.99. The Hall–Kier alpha value is -0.470. The largest absolute Gasteiger partial charge is 0.344 e. The Labute approximate surface area is 52.3 Å². The Morgan fingerprint density at radius 2 is 1.56 bits per heavy atom. The second kappa shape index (κ2) is 3.54. The standard InChI is InChI=1S/C4H7O4P/c5-1-3-9(7,8)4-2-6/h1-2H,3-4H2,(H,7,8). The predicted octanol–water partition coefficient (Wildman–Crippen LogP) is -0.345. The van der Waals surface area contributed by atoms with Crippen molar-refractivity contribution in [2.45, 2.75) is 0 Å². The molecule has 0 rings (SSSR count). The molecule has 0 fully saturated rings. The number of hydrogen-bond acceptors (Lipinski definition) is 3. The predicted molar refractivity (Wildman–Crippen MR) is 31.7 cm³/mol. The van der Waals surface area contributed by atoms with Crippen molar-refractivity contribution in [1.82, 2.24) is 0 Å². The van der Waals surface area contributed by atoms with Crippen LogP contribution in [0.2, 0.25) is 0 Å². The first-order valence-electron chi connectivity index (χ1n) is 2.30. The van der Waals surface area contributed by atoms with Gasteiger partial charge in [-0.3, -0.25) is 4.57 Å². The maximum absolute atomic E-state index is 10.5. The minimum atomic E-state index is -3.43. The molecule has 0 aliphatic heterocycles. The van der Waals surface area contributed by atoms with Crippen LogP contribution in [0.1, 0.15) is 0 Å². The maximum Gasteiger partial charge on any atom is 0.214 e. The van der Waals surface area contributed by atoms with E-state index in [2.05, 4.69) is 0 Å².